The van der Waals surface area contributed by atoms with E-state index in [1.807, 2.05) is 49.4 Å². The average Bonchev–Trinajstić information content (AvgIpc) is 2.66. The lowest BCUT2D eigenvalue weighted by molar-refractivity contribution is -0.139. The van der Waals surface area contributed by atoms with Gasteiger partial charge in [-0.25, -0.2) is 4.79 Å². The minimum Gasteiger partial charge on any atom is -0.463 e. The van der Waals surface area contributed by atoms with Crippen LogP contribution in [0.1, 0.15) is 25.0 Å². The zero-order chi connectivity index (χ0) is 17.9. The molecule has 3 heteroatoms. The van der Waals surface area contributed by atoms with Crippen molar-refractivity contribution in [3.8, 4) is 0 Å². The van der Waals surface area contributed by atoms with Crippen LogP contribution in [0.15, 0.2) is 78.4 Å². The first kappa shape index (κ1) is 18.7. The minimum absolute atomic E-state index is 0.239. The van der Waals surface area contributed by atoms with Crippen molar-refractivity contribution in [3.63, 3.8) is 0 Å². The molecule has 130 valence electrons. The molecule has 0 heterocycles. The van der Waals surface area contributed by atoms with E-state index in [9.17, 15) is 4.79 Å². The SMILES string of the molecule is CCOC/C(=C/C=C(c1ccccc1)c1ccccc1)C(=O)OCC. The molecular weight excluding hydrogens is 312 g/mol. The molecule has 0 aliphatic carbocycles. The normalized spacial score (nSPS) is 11.0. The van der Waals surface area contributed by atoms with Crippen LogP contribution < -0.4 is 0 Å². The molecule has 0 radical (unpaired) electrons. The smallest absolute Gasteiger partial charge is 0.336 e. The first-order valence-corrected chi connectivity index (χ1v) is 8.52. The molecule has 0 bridgehead atoms. The van der Waals surface area contributed by atoms with E-state index < -0.39 is 0 Å². The van der Waals surface area contributed by atoms with Crippen LogP contribution in [0.4, 0.5) is 0 Å². The average molecular weight is 336 g/mol. The van der Waals surface area contributed by atoms with Crippen LogP contribution in [0.3, 0.4) is 0 Å². The fourth-order valence-electron chi connectivity index (χ4n) is 2.39. The summed E-state index contributed by atoms with van der Waals surface area (Å²) in [5, 5.41) is 0. The van der Waals surface area contributed by atoms with Gasteiger partial charge < -0.3 is 9.47 Å². The summed E-state index contributed by atoms with van der Waals surface area (Å²) < 4.78 is 10.5. The zero-order valence-electron chi connectivity index (χ0n) is 14.8. The third-order valence-electron chi connectivity index (χ3n) is 3.62. The Bertz CT molecular complexity index is 674. The molecule has 2 aromatic rings. The van der Waals surface area contributed by atoms with Crippen molar-refractivity contribution >= 4 is 11.5 Å². The number of benzene rings is 2. The van der Waals surface area contributed by atoms with Crippen molar-refractivity contribution in [1.82, 2.24) is 0 Å². The molecule has 25 heavy (non-hydrogen) atoms. The number of rotatable bonds is 8. The van der Waals surface area contributed by atoms with Crippen LogP contribution in [0.25, 0.3) is 5.57 Å². The van der Waals surface area contributed by atoms with Gasteiger partial charge in [0.1, 0.15) is 0 Å². The topological polar surface area (TPSA) is 35.5 Å². The van der Waals surface area contributed by atoms with Gasteiger partial charge in [0.2, 0.25) is 0 Å². The quantitative estimate of drug-likeness (QED) is 0.400. The van der Waals surface area contributed by atoms with E-state index in [2.05, 4.69) is 24.3 Å². The second kappa shape index (κ2) is 10.3. The molecule has 0 aromatic heterocycles. The molecule has 0 spiro atoms. The summed E-state index contributed by atoms with van der Waals surface area (Å²) in [6.07, 6.45) is 3.75. The van der Waals surface area contributed by atoms with Crippen molar-refractivity contribution in [3.05, 3.63) is 89.5 Å². The van der Waals surface area contributed by atoms with Gasteiger partial charge in [0, 0.05) is 6.61 Å². The highest BCUT2D eigenvalue weighted by atomic mass is 16.5. The van der Waals surface area contributed by atoms with E-state index in [4.69, 9.17) is 9.47 Å². The van der Waals surface area contributed by atoms with Crippen molar-refractivity contribution in [2.45, 2.75) is 13.8 Å². The number of carbonyl (C=O) groups excluding carboxylic acids is 1. The lowest BCUT2D eigenvalue weighted by Crippen LogP contribution is -2.12. The predicted molar refractivity (Wildman–Crippen MR) is 101 cm³/mol. The van der Waals surface area contributed by atoms with Crippen molar-refractivity contribution in [2.24, 2.45) is 0 Å². The lowest BCUT2D eigenvalue weighted by atomic mass is 9.97. The fraction of sp³-hybridized carbons (Fsp3) is 0.227. The molecule has 0 fully saturated rings. The summed E-state index contributed by atoms with van der Waals surface area (Å²) in [6, 6.07) is 20.2. The Morgan fingerprint density at radius 2 is 1.40 bits per heavy atom. The highest BCUT2D eigenvalue weighted by molar-refractivity contribution is 5.90. The Morgan fingerprint density at radius 3 is 1.88 bits per heavy atom. The van der Waals surface area contributed by atoms with Gasteiger partial charge in [-0.1, -0.05) is 66.7 Å². The second-order valence-electron chi connectivity index (χ2n) is 5.36. The van der Waals surface area contributed by atoms with E-state index in [1.54, 1.807) is 13.0 Å². The molecule has 0 unspecified atom stereocenters. The van der Waals surface area contributed by atoms with Crippen molar-refractivity contribution in [1.29, 1.82) is 0 Å². The zero-order valence-corrected chi connectivity index (χ0v) is 14.8. The third-order valence-corrected chi connectivity index (χ3v) is 3.62. The number of allylic oxidation sites excluding steroid dienone is 2. The Labute approximate surface area is 149 Å². The van der Waals surface area contributed by atoms with Crippen LogP contribution in [-0.2, 0) is 14.3 Å². The van der Waals surface area contributed by atoms with Gasteiger partial charge in [-0.15, -0.1) is 0 Å². The Kier molecular flexibility index (Phi) is 7.67. The maximum atomic E-state index is 12.1. The van der Waals surface area contributed by atoms with Crippen LogP contribution in [-0.4, -0.2) is 25.8 Å². The highest BCUT2D eigenvalue weighted by Gasteiger charge is 2.10. The number of hydrogen-bond donors (Lipinski definition) is 0. The molecule has 0 aliphatic rings. The maximum absolute atomic E-state index is 12.1. The summed E-state index contributed by atoms with van der Waals surface area (Å²) in [6.45, 7) is 4.83. The summed E-state index contributed by atoms with van der Waals surface area (Å²) in [7, 11) is 0. The van der Waals surface area contributed by atoms with Crippen LogP contribution in [0, 0.1) is 0 Å². The Morgan fingerprint density at radius 1 is 0.840 bits per heavy atom. The maximum Gasteiger partial charge on any atom is 0.336 e. The summed E-state index contributed by atoms with van der Waals surface area (Å²) in [4.78, 5) is 12.1. The predicted octanol–water partition coefficient (Wildman–Crippen LogP) is 4.64. The van der Waals surface area contributed by atoms with Gasteiger partial charge in [-0.3, -0.25) is 0 Å². The monoisotopic (exact) mass is 336 g/mol. The minimum atomic E-state index is -0.340. The molecule has 0 N–H and O–H groups in total. The van der Waals surface area contributed by atoms with E-state index in [0.29, 0.717) is 18.8 Å². The molecule has 3 nitrogen and oxygen atoms in total. The van der Waals surface area contributed by atoms with Gasteiger partial charge in [0.05, 0.1) is 18.8 Å². The first-order chi connectivity index (χ1) is 12.3. The molecule has 0 saturated heterocycles. The van der Waals surface area contributed by atoms with Crippen LogP contribution in [0.2, 0.25) is 0 Å². The van der Waals surface area contributed by atoms with Gasteiger partial charge in [-0.2, -0.15) is 0 Å². The largest absolute Gasteiger partial charge is 0.463 e. The molecule has 0 amide bonds. The first-order valence-electron chi connectivity index (χ1n) is 8.52. The molecule has 2 aromatic carbocycles. The summed E-state index contributed by atoms with van der Waals surface area (Å²) in [5.74, 6) is -0.340. The van der Waals surface area contributed by atoms with E-state index in [1.165, 1.54) is 0 Å². The Hall–Kier alpha value is -2.65. The number of hydrogen-bond acceptors (Lipinski definition) is 3. The van der Waals surface area contributed by atoms with Gasteiger partial charge in [0.15, 0.2) is 0 Å². The summed E-state index contributed by atoms with van der Waals surface area (Å²) in [5.41, 5.74) is 3.72. The summed E-state index contributed by atoms with van der Waals surface area (Å²) >= 11 is 0. The molecular formula is C22H24O3. The van der Waals surface area contributed by atoms with E-state index in [-0.39, 0.29) is 12.6 Å². The van der Waals surface area contributed by atoms with E-state index in [0.717, 1.165) is 16.7 Å². The standard InChI is InChI=1S/C22H24O3/c1-3-24-17-20(22(23)25-4-2)15-16-21(18-11-7-5-8-12-18)19-13-9-6-10-14-19/h5-16H,3-4,17H2,1-2H3/b20-15-. The van der Waals surface area contributed by atoms with Gasteiger partial charge >= 0.3 is 5.97 Å². The van der Waals surface area contributed by atoms with Gasteiger partial charge in [-0.05, 0) is 36.6 Å². The molecule has 0 saturated carbocycles. The number of esters is 1. The molecule has 0 atom stereocenters. The second-order valence-corrected chi connectivity index (χ2v) is 5.36. The number of ether oxygens (including phenoxy) is 2. The Balaban J connectivity index is 2.42. The van der Waals surface area contributed by atoms with E-state index >= 15 is 0 Å². The fourth-order valence-corrected chi connectivity index (χ4v) is 2.39. The van der Waals surface area contributed by atoms with Crippen molar-refractivity contribution in [2.75, 3.05) is 19.8 Å². The van der Waals surface area contributed by atoms with Gasteiger partial charge in [0.25, 0.3) is 0 Å². The lowest BCUT2D eigenvalue weighted by Gasteiger charge is -2.09. The number of carbonyl (C=O) groups is 1. The van der Waals surface area contributed by atoms with Crippen LogP contribution >= 0.6 is 0 Å². The molecule has 0 aliphatic heterocycles. The highest BCUT2D eigenvalue weighted by Crippen LogP contribution is 2.23. The van der Waals surface area contributed by atoms with Crippen molar-refractivity contribution < 1.29 is 14.3 Å². The van der Waals surface area contributed by atoms with Crippen LogP contribution in [0.5, 0.6) is 0 Å². The third kappa shape index (κ3) is 5.73. The molecule has 2 rings (SSSR count).